The molecular weight excluding hydrogens is 297 g/mol. The Morgan fingerprint density at radius 2 is 2.00 bits per heavy atom. The molecule has 114 valence electrons. The highest BCUT2D eigenvalue weighted by Crippen LogP contribution is 2.26. The van der Waals surface area contributed by atoms with Crippen molar-refractivity contribution in [3.8, 4) is 5.75 Å². The number of hydrogen-bond donors (Lipinski definition) is 2. The molecule has 0 saturated heterocycles. The normalized spacial score (nSPS) is 12.2. The number of benzene rings is 1. The summed E-state index contributed by atoms with van der Waals surface area (Å²) in [5.41, 5.74) is 5.85. The van der Waals surface area contributed by atoms with E-state index in [0.29, 0.717) is 5.75 Å². The summed E-state index contributed by atoms with van der Waals surface area (Å²) >= 11 is 0. The maximum atomic E-state index is 12.0. The van der Waals surface area contributed by atoms with Crippen LogP contribution in [-0.2, 0) is 10.0 Å². The topological polar surface area (TPSA) is 81.4 Å². The van der Waals surface area contributed by atoms with Crippen molar-refractivity contribution in [1.82, 2.24) is 0 Å². The van der Waals surface area contributed by atoms with Gasteiger partial charge in [-0.3, -0.25) is 4.72 Å². The van der Waals surface area contributed by atoms with Crippen LogP contribution in [0.5, 0.6) is 5.75 Å². The van der Waals surface area contributed by atoms with Gasteiger partial charge in [-0.15, -0.1) is 0 Å². The molecule has 1 aromatic rings. The van der Waals surface area contributed by atoms with Crippen LogP contribution in [0.25, 0.3) is 0 Å². The highest BCUT2D eigenvalue weighted by molar-refractivity contribution is 7.92. The number of nitrogens with one attached hydrogen (secondary N) is 1. The predicted molar refractivity (Wildman–Crippen MR) is 70.1 cm³/mol. The van der Waals surface area contributed by atoms with E-state index >= 15 is 0 Å². The molecule has 0 fully saturated rings. The lowest BCUT2D eigenvalue weighted by Gasteiger charge is -2.12. The zero-order valence-corrected chi connectivity index (χ0v) is 11.5. The van der Waals surface area contributed by atoms with E-state index in [9.17, 15) is 21.6 Å². The van der Waals surface area contributed by atoms with Crippen LogP contribution in [0, 0.1) is 0 Å². The average Bonchev–Trinajstić information content (AvgIpc) is 2.29. The van der Waals surface area contributed by atoms with Gasteiger partial charge in [0.15, 0.2) is 0 Å². The molecule has 0 amide bonds. The molecule has 1 aromatic carbocycles. The van der Waals surface area contributed by atoms with Crippen LogP contribution in [0.15, 0.2) is 18.2 Å². The molecular formula is C11H15F3N2O3S. The van der Waals surface area contributed by atoms with Crippen molar-refractivity contribution >= 4 is 21.4 Å². The Hall–Kier alpha value is -1.64. The van der Waals surface area contributed by atoms with Gasteiger partial charge in [0, 0.05) is 12.5 Å². The van der Waals surface area contributed by atoms with Crippen LogP contribution in [0.1, 0.15) is 12.8 Å². The van der Waals surface area contributed by atoms with Crippen molar-refractivity contribution in [1.29, 1.82) is 0 Å². The molecule has 0 radical (unpaired) electrons. The van der Waals surface area contributed by atoms with E-state index in [1.807, 2.05) is 0 Å². The monoisotopic (exact) mass is 312 g/mol. The second-order valence-electron chi connectivity index (χ2n) is 4.09. The number of sulfonamides is 1. The first-order valence-corrected chi connectivity index (χ1v) is 7.29. The Morgan fingerprint density at radius 3 is 2.50 bits per heavy atom. The summed E-state index contributed by atoms with van der Waals surface area (Å²) in [7, 11) is -2.44. The van der Waals surface area contributed by atoms with Crippen molar-refractivity contribution in [2.24, 2.45) is 0 Å². The predicted octanol–water partition coefficient (Wildman–Crippen LogP) is 2.36. The van der Waals surface area contributed by atoms with E-state index in [1.54, 1.807) is 0 Å². The van der Waals surface area contributed by atoms with Crippen molar-refractivity contribution in [3.63, 3.8) is 0 Å². The van der Waals surface area contributed by atoms with Gasteiger partial charge in [-0.05, 0) is 18.6 Å². The number of nitrogens with two attached hydrogens (primary N) is 1. The van der Waals surface area contributed by atoms with Crippen LogP contribution >= 0.6 is 0 Å². The van der Waals surface area contributed by atoms with Gasteiger partial charge in [0.1, 0.15) is 5.75 Å². The van der Waals surface area contributed by atoms with E-state index in [1.165, 1.54) is 25.3 Å². The number of ether oxygens (including phenoxy) is 1. The molecule has 0 bridgehead atoms. The first-order valence-electron chi connectivity index (χ1n) is 5.64. The third kappa shape index (κ3) is 5.55. The van der Waals surface area contributed by atoms with Gasteiger partial charge < -0.3 is 10.5 Å². The molecule has 0 atom stereocenters. The quantitative estimate of drug-likeness (QED) is 0.790. The van der Waals surface area contributed by atoms with Crippen molar-refractivity contribution < 1.29 is 26.3 Å². The van der Waals surface area contributed by atoms with Gasteiger partial charge in [-0.1, -0.05) is 0 Å². The molecule has 20 heavy (non-hydrogen) atoms. The van der Waals surface area contributed by atoms with Gasteiger partial charge in [-0.2, -0.15) is 13.2 Å². The lowest BCUT2D eigenvalue weighted by molar-refractivity contribution is -0.134. The third-order valence-electron chi connectivity index (χ3n) is 2.40. The first-order chi connectivity index (χ1) is 9.13. The second-order valence-corrected chi connectivity index (χ2v) is 5.93. The maximum Gasteiger partial charge on any atom is 0.389 e. The number of halogens is 3. The third-order valence-corrected chi connectivity index (χ3v) is 3.75. The lowest BCUT2D eigenvalue weighted by Crippen LogP contribution is -2.19. The maximum absolute atomic E-state index is 12.0. The zero-order chi connectivity index (χ0) is 15.4. The molecule has 0 spiro atoms. The van der Waals surface area contributed by atoms with Gasteiger partial charge in [0.25, 0.3) is 0 Å². The van der Waals surface area contributed by atoms with E-state index in [4.69, 9.17) is 10.5 Å². The highest BCUT2D eigenvalue weighted by atomic mass is 32.2. The van der Waals surface area contributed by atoms with Crippen LogP contribution in [0.3, 0.4) is 0 Å². The largest absolute Gasteiger partial charge is 0.497 e. The fraction of sp³-hybridized carbons (Fsp3) is 0.455. The number of anilines is 2. The molecule has 0 unspecified atom stereocenters. The molecule has 0 heterocycles. The second kappa shape index (κ2) is 6.21. The summed E-state index contributed by atoms with van der Waals surface area (Å²) in [4.78, 5) is 0. The molecule has 0 aliphatic carbocycles. The number of alkyl halides is 3. The Morgan fingerprint density at radius 1 is 1.35 bits per heavy atom. The molecule has 3 N–H and O–H groups in total. The summed E-state index contributed by atoms with van der Waals surface area (Å²) in [6.45, 7) is 0. The van der Waals surface area contributed by atoms with E-state index in [0.717, 1.165) is 0 Å². The van der Waals surface area contributed by atoms with E-state index in [-0.39, 0.29) is 11.4 Å². The van der Waals surface area contributed by atoms with Crippen LogP contribution in [0.4, 0.5) is 24.5 Å². The van der Waals surface area contributed by atoms with Crippen molar-refractivity contribution in [3.05, 3.63) is 18.2 Å². The molecule has 0 aromatic heterocycles. The standard InChI is InChI=1S/C11H15F3N2O3S/c1-19-8-3-4-10(9(15)7-8)16-20(17,18)6-2-5-11(12,13)14/h3-4,7,16H,2,5-6,15H2,1H3. The van der Waals surface area contributed by atoms with Gasteiger partial charge in [0.05, 0.1) is 24.2 Å². The zero-order valence-electron chi connectivity index (χ0n) is 10.7. The fourth-order valence-electron chi connectivity index (χ4n) is 1.44. The minimum absolute atomic E-state index is 0.109. The molecule has 0 saturated carbocycles. The Bertz CT molecular complexity index is 559. The Balaban J connectivity index is 2.67. The summed E-state index contributed by atoms with van der Waals surface area (Å²) in [5, 5.41) is 0. The van der Waals surface area contributed by atoms with E-state index in [2.05, 4.69) is 4.72 Å². The minimum atomic E-state index is -4.37. The number of nitrogen functional groups attached to an aromatic ring is 1. The smallest absolute Gasteiger partial charge is 0.389 e. The molecule has 0 aliphatic rings. The van der Waals surface area contributed by atoms with Crippen LogP contribution < -0.4 is 15.2 Å². The van der Waals surface area contributed by atoms with Gasteiger partial charge in [0.2, 0.25) is 10.0 Å². The Labute approximate surface area is 115 Å². The highest BCUT2D eigenvalue weighted by Gasteiger charge is 2.27. The Kier molecular flexibility index (Phi) is 5.09. The number of methoxy groups -OCH3 is 1. The fourth-order valence-corrected chi connectivity index (χ4v) is 2.59. The molecule has 1 rings (SSSR count). The molecule has 5 nitrogen and oxygen atoms in total. The van der Waals surface area contributed by atoms with Gasteiger partial charge in [-0.25, -0.2) is 8.42 Å². The first kappa shape index (κ1) is 16.4. The summed E-state index contributed by atoms with van der Waals surface area (Å²) in [5.74, 6) is -0.180. The summed E-state index contributed by atoms with van der Waals surface area (Å²) in [6.07, 6.45) is -6.02. The number of hydrogen-bond acceptors (Lipinski definition) is 4. The molecule has 0 aliphatic heterocycles. The summed E-state index contributed by atoms with van der Waals surface area (Å²) in [6, 6.07) is 4.28. The van der Waals surface area contributed by atoms with Crippen molar-refractivity contribution in [2.75, 3.05) is 23.3 Å². The SMILES string of the molecule is COc1ccc(NS(=O)(=O)CCCC(F)(F)F)c(N)c1. The van der Waals surface area contributed by atoms with Crippen LogP contribution in [0.2, 0.25) is 0 Å². The van der Waals surface area contributed by atoms with Gasteiger partial charge >= 0.3 is 6.18 Å². The summed E-state index contributed by atoms with van der Waals surface area (Å²) < 4.78 is 66.2. The van der Waals surface area contributed by atoms with E-state index < -0.39 is 34.8 Å². The minimum Gasteiger partial charge on any atom is -0.497 e. The molecule has 9 heteroatoms. The van der Waals surface area contributed by atoms with Crippen LogP contribution in [-0.4, -0.2) is 27.5 Å². The average molecular weight is 312 g/mol. The number of rotatable bonds is 6. The lowest BCUT2D eigenvalue weighted by atomic mass is 10.2. The van der Waals surface area contributed by atoms with Crippen molar-refractivity contribution in [2.45, 2.75) is 19.0 Å².